The Labute approximate surface area is 155 Å². The molecule has 0 bridgehead atoms. The highest BCUT2D eigenvalue weighted by molar-refractivity contribution is 5.85. The quantitative estimate of drug-likeness (QED) is 0.672. The van der Waals surface area contributed by atoms with Crippen LogP contribution < -0.4 is 10.5 Å². The van der Waals surface area contributed by atoms with Crippen LogP contribution in [0.25, 0.3) is 11.1 Å². The minimum atomic E-state index is -0.844. The summed E-state index contributed by atoms with van der Waals surface area (Å²) in [6.07, 6.45) is 1.45. The zero-order valence-corrected chi connectivity index (χ0v) is 14.4. The van der Waals surface area contributed by atoms with E-state index in [-0.39, 0.29) is 6.61 Å². The molecule has 1 spiro atoms. The number of halogens is 1. The number of benzene rings is 2. The van der Waals surface area contributed by atoms with E-state index in [9.17, 15) is 4.39 Å². The van der Waals surface area contributed by atoms with Gasteiger partial charge in [-0.15, -0.1) is 0 Å². The van der Waals surface area contributed by atoms with Crippen molar-refractivity contribution in [3.8, 4) is 22.6 Å². The van der Waals surface area contributed by atoms with E-state index in [1.54, 1.807) is 6.07 Å². The summed E-state index contributed by atoms with van der Waals surface area (Å²) in [5.41, 5.74) is 8.44. The van der Waals surface area contributed by atoms with Gasteiger partial charge in [-0.05, 0) is 29.3 Å². The Bertz CT molecular complexity index is 1080. The zero-order chi connectivity index (χ0) is 18.4. The molecule has 1 aromatic heterocycles. The Morgan fingerprint density at radius 2 is 1.89 bits per heavy atom. The largest absolute Gasteiger partial charge is 0.457 e. The van der Waals surface area contributed by atoms with E-state index in [0.29, 0.717) is 29.5 Å². The summed E-state index contributed by atoms with van der Waals surface area (Å²) in [7, 11) is 0. The second-order valence-corrected chi connectivity index (χ2v) is 6.60. The molecule has 2 aliphatic heterocycles. The summed E-state index contributed by atoms with van der Waals surface area (Å²) in [5.74, 6) is 1.24. The molecule has 1 unspecified atom stereocenters. The number of pyridine rings is 1. The number of aromatic nitrogens is 1. The number of fused-ring (bicyclic) bond motifs is 4. The molecule has 2 aromatic carbocycles. The van der Waals surface area contributed by atoms with Crippen molar-refractivity contribution in [1.29, 1.82) is 0 Å². The lowest BCUT2D eigenvalue weighted by atomic mass is 9.77. The first-order valence-corrected chi connectivity index (χ1v) is 8.62. The Morgan fingerprint density at radius 1 is 1.04 bits per heavy atom. The summed E-state index contributed by atoms with van der Waals surface area (Å²) in [6.45, 7) is 0.609. The minimum Gasteiger partial charge on any atom is -0.457 e. The Kier molecular flexibility index (Phi) is 3.48. The highest BCUT2D eigenvalue weighted by Crippen LogP contribution is 2.53. The number of para-hydroxylation sites is 1. The fourth-order valence-corrected chi connectivity index (χ4v) is 3.88. The molecule has 5 nitrogen and oxygen atoms in total. The summed E-state index contributed by atoms with van der Waals surface area (Å²) in [5, 5.41) is 0. The van der Waals surface area contributed by atoms with Crippen molar-refractivity contribution in [2.24, 2.45) is 10.7 Å². The van der Waals surface area contributed by atoms with Crippen molar-refractivity contribution in [1.82, 2.24) is 4.98 Å². The second-order valence-electron chi connectivity index (χ2n) is 6.60. The van der Waals surface area contributed by atoms with Crippen LogP contribution in [-0.2, 0) is 10.3 Å². The fourth-order valence-electron chi connectivity index (χ4n) is 3.88. The van der Waals surface area contributed by atoms with Crippen molar-refractivity contribution < 1.29 is 13.9 Å². The summed E-state index contributed by atoms with van der Waals surface area (Å²) in [6, 6.07) is 16.6. The van der Waals surface area contributed by atoms with Gasteiger partial charge in [0.2, 0.25) is 5.95 Å². The molecular weight excluding hydrogens is 345 g/mol. The topological polar surface area (TPSA) is 69.7 Å². The van der Waals surface area contributed by atoms with Crippen LogP contribution in [0.15, 0.2) is 65.8 Å². The molecule has 2 N–H and O–H groups in total. The van der Waals surface area contributed by atoms with Crippen LogP contribution in [0.1, 0.15) is 11.1 Å². The molecule has 2 aliphatic rings. The fraction of sp³-hybridized carbons (Fsp3) is 0.143. The van der Waals surface area contributed by atoms with Crippen molar-refractivity contribution in [3.05, 3.63) is 77.9 Å². The Balaban J connectivity index is 1.85. The molecule has 0 saturated carbocycles. The van der Waals surface area contributed by atoms with E-state index in [2.05, 4.69) is 4.98 Å². The van der Waals surface area contributed by atoms with Crippen LogP contribution in [-0.4, -0.2) is 24.0 Å². The SMILES string of the molecule is NC1=NC2(COC1)c1ccccc1Oc1cccc(-c3ccnc(F)c3)c12. The molecule has 3 heterocycles. The van der Waals surface area contributed by atoms with E-state index < -0.39 is 11.5 Å². The first-order valence-electron chi connectivity index (χ1n) is 8.62. The first-order chi connectivity index (χ1) is 13.2. The third-order valence-electron chi connectivity index (χ3n) is 4.93. The number of ether oxygens (including phenoxy) is 2. The van der Waals surface area contributed by atoms with Gasteiger partial charge in [0.15, 0.2) is 0 Å². The number of rotatable bonds is 1. The molecule has 3 aromatic rings. The van der Waals surface area contributed by atoms with Gasteiger partial charge in [-0.1, -0.05) is 30.3 Å². The maximum absolute atomic E-state index is 13.8. The van der Waals surface area contributed by atoms with Gasteiger partial charge in [-0.2, -0.15) is 4.39 Å². The normalized spacial score (nSPS) is 20.4. The standard InChI is InChI=1S/C21H16FN3O2/c22-18-10-13(8-9-24-18)14-4-3-7-17-20(14)21(12-26-11-19(23)25-21)15-5-1-2-6-16(15)27-17/h1-10H,11-12H2,(H2,23,25). The summed E-state index contributed by atoms with van der Waals surface area (Å²) in [4.78, 5) is 8.50. The minimum absolute atomic E-state index is 0.284. The molecule has 0 fully saturated rings. The third kappa shape index (κ3) is 2.41. The maximum atomic E-state index is 13.8. The van der Waals surface area contributed by atoms with Crippen molar-refractivity contribution >= 4 is 5.84 Å². The highest BCUT2D eigenvalue weighted by Gasteiger charge is 2.46. The number of aliphatic imine (C=N–C) groups is 1. The molecule has 0 aliphatic carbocycles. The van der Waals surface area contributed by atoms with Crippen LogP contribution >= 0.6 is 0 Å². The molecule has 6 heteroatoms. The van der Waals surface area contributed by atoms with E-state index in [0.717, 1.165) is 16.7 Å². The van der Waals surface area contributed by atoms with Gasteiger partial charge >= 0.3 is 0 Å². The molecule has 0 radical (unpaired) electrons. The number of amidine groups is 1. The van der Waals surface area contributed by atoms with Gasteiger partial charge in [-0.25, -0.2) is 4.98 Å². The van der Waals surface area contributed by atoms with Crippen molar-refractivity contribution in [2.45, 2.75) is 5.54 Å². The number of nitrogens with two attached hydrogens (primary N) is 1. The van der Waals surface area contributed by atoms with E-state index in [1.165, 1.54) is 12.3 Å². The van der Waals surface area contributed by atoms with Crippen molar-refractivity contribution in [2.75, 3.05) is 13.2 Å². The summed E-state index contributed by atoms with van der Waals surface area (Å²) < 4.78 is 25.8. The number of hydrogen-bond acceptors (Lipinski definition) is 5. The molecule has 27 heavy (non-hydrogen) atoms. The second kappa shape index (κ2) is 5.89. The van der Waals surface area contributed by atoms with E-state index in [4.69, 9.17) is 20.2 Å². The van der Waals surface area contributed by atoms with E-state index >= 15 is 0 Å². The van der Waals surface area contributed by atoms with Gasteiger partial charge in [0.25, 0.3) is 0 Å². The molecular formula is C21H16FN3O2. The first kappa shape index (κ1) is 16.0. The van der Waals surface area contributed by atoms with Crippen molar-refractivity contribution in [3.63, 3.8) is 0 Å². The molecule has 0 amide bonds. The van der Waals surface area contributed by atoms with Gasteiger partial charge < -0.3 is 15.2 Å². The average Bonchev–Trinajstić information content (AvgIpc) is 2.68. The smallest absolute Gasteiger partial charge is 0.213 e. The maximum Gasteiger partial charge on any atom is 0.213 e. The van der Waals surface area contributed by atoms with Crippen LogP contribution in [0.4, 0.5) is 4.39 Å². The predicted octanol–water partition coefficient (Wildman–Crippen LogP) is 3.62. The lowest BCUT2D eigenvalue weighted by molar-refractivity contribution is 0.110. The number of hydrogen-bond donors (Lipinski definition) is 1. The monoisotopic (exact) mass is 361 g/mol. The number of nitrogens with zero attached hydrogens (tertiary/aromatic N) is 2. The molecule has 0 saturated heterocycles. The lowest BCUT2D eigenvalue weighted by Crippen LogP contribution is -2.42. The molecule has 5 rings (SSSR count). The van der Waals surface area contributed by atoms with Crippen LogP contribution in [0.3, 0.4) is 0 Å². The van der Waals surface area contributed by atoms with E-state index in [1.807, 2.05) is 42.5 Å². The van der Waals surface area contributed by atoms with Gasteiger partial charge in [0.05, 0.1) is 6.61 Å². The Hall–Kier alpha value is -3.25. The van der Waals surface area contributed by atoms with Crippen LogP contribution in [0.5, 0.6) is 11.5 Å². The predicted molar refractivity (Wildman–Crippen MR) is 99.4 cm³/mol. The van der Waals surface area contributed by atoms with Crippen LogP contribution in [0.2, 0.25) is 0 Å². The molecule has 134 valence electrons. The zero-order valence-electron chi connectivity index (χ0n) is 14.4. The third-order valence-corrected chi connectivity index (χ3v) is 4.93. The van der Waals surface area contributed by atoms with Gasteiger partial charge in [-0.3, -0.25) is 4.99 Å². The van der Waals surface area contributed by atoms with Gasteiger partial charge in [0, 0.05) is 23.4 Å². The average molecular weight is 361 g/mol. The summed E-state index contributed by atoms with van der Waals surface area (Å²) >= 11 is 0. The lowest BCUT2D eigenvalue weighted by Gasteiger charge is -2.40. The Morgan fingerprint density at radius 3 is 2.74 bits per heavy atom. The molecule has 1 atom stereocenters. The van der Waals surface area contributed by atoms with Gasteiger partial charge in [0.1, 0.15) is 29.5 Å². The van der Waals surface area contributed by atoms with Crippen LogP contribution in [0, 0.1) is 5.95 Å². The highest BCUT2D eigenvalue weighted by atomic mass is 19.1.